The minimum absolute atomic E-state index is 0.0556. The summed E-state index contributed by atoms with van der Waals surface area (Å²) in [5.41, 5.74) is 9.84. The van der Waals surface area contributed by atoms with Gasteiger partial charge in [-0.2, -0.15) is 0 Å². The third-order valence-electron chi connectivity index (χ3n) is 5.03. The zero-order valence-electron chi connectivity index (χ0n) is 18.4. The maximum absolute atomic E-state index is 11.9. The zero-order chi connectivity index (χ0) is 23.1. The van der Waals surface area contributed by atoms with Crippen LogP contribution >= 0.6 is 23.5 Å². The molecule has 0 aliphatic rings. The van der Waals surface area contributed by atoms with Crippen molar-refractivity contribution in [3.63, 3.8) is 0 Å². The molecule has 7 heteroatoms. The van der Waals surface area contributed by atoms with Gasteiger partial charge >= 0.3 is 0 Å². The van der Waals surface area contributed by atoms with Crippen molar-refractivity contribution in [3.8, 4) is 11.5 Å². The van der Waals surface area contributed by atoms with Gasteiger partial charge in [0.15, 0.2) is 11.5 Å². The molecule has 0 saturated carbocycles. The van der Waals surface area contributed by atoms with E-state index in [-0.39, 0.29) is 6.54 Å². The summed E-state index contributed by atoms with van der Waals surface area (Å²) < 4.78 is 12.7. The molecule has 0 unspecified atom stereocenters. The average Bonchev–Trinajstić information content (AvgIpc) is 2.79. The number of anilines is 1. The molecule has 0 aromatic heterocycles. The molecule has 168 valence electrons. The first-order valence-electron chi connectivity index (χ1n) is 10.3. The van der Waals surface area contributed by atoms with Crippen LogP contribution in [0.3, 0.4) is 0 Å². The number of ether oxygens (including phenoxy) is 2. The van der Waals surface area contributed by atoms with Crippen LogP contribution in [0.15, 0.2) is 65.6 Å². The SMILES string of the molecule is CCc1ccc(N(CC(N)=O)Sc2ccc(OC)c(OC)c2)c(Cc2ccccc2Cl)c1. The van der Waals surface area contributed by atoms with Gasteiger partial charge in [0.1, 0.15) is 6.54 Å². The van der Waals surface area contributed by atoms with Gasteiger partial charge in [-0.3, -0.25) is 4.79 Å². The van der Waals surface area contributed by atoms with Crippen LogP contribution in [-0.2, 0) is 17.6 Å². The highest BCUT2D eigenvalue weighted by Gasteiger charge is 2.18. The molecule has 3 rings (SSSR count). The van der Waals surface area contributed by atoms with Crippen molar-refractivity contribution in [2.75, 3.05) is 25.1 Å². The number of halogens is 1. The molecule has 3 aromatic carbocycles. The number of rotatable bonds is 10. The van der Waals surface area contributed by atoms with Crippen molar-refractivity contribution in [2.24, 2.45) is 5.73 Å². The van der Waals surface area contributed by atoms with Gasteiger partial charge in [0.2, 0.25) is 5.91 Å². The van der Waals surface area contributed by atoms with Crippen LogP contribution in [0.4, 0.5) is 5.69 Å². The summed E-state index contributed by atoms with van der Waals surface area (Å²) in [6.07, 6.45) is 1.55. The Kier molecular flexibility index (Phi) is 8.31. The second-order valence-electron chi connectivity index (χ2n) is 7.20. The van der Waals surface area contributed by atoms with Gasteiger partial charge in [-0.1, -0.05) is 48.9 Å². The van der Waals surface area contributed by atoms with E-state index in [1.807, 2.05) is 52.8 Å². The van der Waals surface area contributed by atoms with Gasteiger partial charge in [-0.15, -0.1) is 0 Å². The lowest BCUT2D eigenvalue weighted by Gasteiger charge is -2.25. The number of hydrogen-bond donors (Lipinski definition) is 1. The van der Waals surface area contributed by atoms with Crippen molar-refractivity contribution in [3.05, 3.63) is 82.4 Å². The number of amides is 1. The quantitative estimate of drug-likeness (QED) is 0.396. The highest BCUT2D eigenvalue weighted by atomic mass is 35.5. The van der Waals surface area contributed by atoms with E-state index in [1.54, 1.807) is 14.2 Å². The Morgan fingerprint density at radius 1 is 1.00 bits per heavy atom. The molecule has 2 N–H and O–H groups in total. The number of benzene rings is 3. The first-order valence-corrected chi connectivity index (χ1v) is 11.4. The van der Waals surface area contributed by atoms with E-state index in [9.17, 15) is 4.79 Å². The molecular weight excluding hydrogens is 444 g/mol. The molecule has 0 saturated heterocycles. The largest absolute Gasteiger partial charge is 0.493 e. The van der Waals surface area contributed by atoms with Crippen molar-refractivity contribution in [1.82, 2.24) is 0 Å². The Bertz CT molecular complexity index is 1090. The third kappa shape index (κ3) is 5.90. The first kappa shape index (κ1) is 23.8. The van der Waals surface area contributed by atoms with Crippen LogP contribution < -0.4 is 19.5 Å². The summed E-state index contributed by atoms with van der Waals surface area (Å²) in [5.74, 6) is 0.848. The van der Waals surface area contributed by atoms with Crippen LogP contribution in [-0.4, -0.2) is 26.7 Å². The van der Waals surface area contributed by atoms with Gasteiger partial charge in [0.05, 0.1) is 19.9 Å². The highest BCUT2D eigenvalue weighted by Crippen LogP contribution is 2.37. The molecule has 0 radical (unpaired) electrons. The minimum Gasteiger partial charge on any atom is -0.493 e. The summed E-state index contributed by atoms with van der Waals surface area (Å²) in [6.45, 7) is 2.17. The maximum Gasteiger partial charge on any atom is 0.238 e. The fourth-order valence-corrected chi connectivity index (χ4v) is 4.61. The normalized spacial score (nSPS) is 10.6. The van der Waals surface area contributed by atoms with Crippen molar-refractivity contribution in [1.29, 1.82) is 0 Å². The molecule has 1 amide bonds. The molecule has 0 aliphatic heterocycles. The number of carbonyl (C=O) groups excluding carboxylic acids is 1. The molecule has 0 heterocycles. The Labute approximate surface area is 198 Å². The molecule has 5 nitrogen and oxygen atoms in total. The van der Waals surface area contributed by atoms with Gasteiger partial charge in [-0.05, 0) is 65.4 Å². The number of methoxy groups -OCH3 is 2. The van der Waals surface area contributed by atoms with Crippen molar-refractivity contribution in [2.45, 2.75) is 24.7 Å². The second kappa shape index (κ2) is 11.2. The van der Waals surface area contributed by atoms with Gasteiger partial charge in [0.25, 0.3) is 0 Å². The lowest BCUT2D eigenvalue weighted by molar-refractivity contribution is -0.116. The number of carbonyl (C=O) groups is 1. The number of nitrogens with two attached hydrogens (primary N) is 1. The lowest BCUT2D eigenvalue weighted by atomic mass is 9.99. The molecular formula is C25H27ClN2O3S. The monoisotopic (exact) mass is 470 g/mol. The van der Waals surface area contributed by atoms with Gasteiger partial charge in [0, 0.05) is 16.3 Å². The van der Waals surface area contributed by atoms with Crippen molar-refractivity contribution < 1.29 is 14.3 Å². The fourth-order valence-electron chi connectivity index (χ4n) is 3.40. The number of primary amides is 1. The van der Waals surface area contributed by atoms with E-state index >= 15 is 0 Å². The molecule has 3 aromatic rings. The number of nitrogens with zero attached hydrogens (tertiary/aromatic N) is 1. The number of aryl methyl sites for hydroxylation is 1. The van der Waals surface area contributed by atoms with Crippen LogP contribution in [0.1, 0.15) is 23.6 Å². The average molecular weight is 471 g/mol. The fraction of sp³-hybridized carbons (Fsp3) is 0.240. The summed E-state index contributed by atoms with van der Waals surface area (Å²) in [7, 11) is 3.19. The van der Waals surface area contributed by atoms with E-state index in [2.05, 4.69) is 19.1 Å². The predicted molar refractivity (Wildman–Crippen MR) is 132 cm³/mol. The van der Waals surface area contributed by atoms with E-state index in [1.165, 1.54) is 17.5 Å². The zero-order valence-corrected chi connectivity index (χ0v) is 20.0. The van der Waals surface area contributed by atoms with Crippen LogP contribution in [0.2, 0.25) is 5.02 Å². The Balaban J connectivity index is 2.01. The smallest absolute Gasteiger partial charge is 0.238 e. The predicted octanol–water partition coefficient (Wildman–Crippen LogP) is 5.51. The summed E-state index contributed by atoms with van der Waals surface area (Å²) in [6, 6.07) is 19.7. The van der Waals surface area contributed by atoms with Gasteiger partial charge in [-0.25, -0.2) is 0 Å². The molecule has 0 atom stereocenters. The standard InChI is InChI=1S/C25H27ClN2O3S/c1-4-17-9-11-22(19(13-17)14-18-7-5-6-8-21(18)26)28(16-25(27)29)32-20-10-12-23(30-2)24(15-20)31-3/h5-13,15H,4,14,16H2,1-3H3,(H2,27,29). The summed E-state index contributed by atoms with van der Waals surface area (Å²) in [4.78, 5) is 12.8. The lowest BCUT2D eigenvalue weighted by Crippen LogP contribution is -2.29. The topological polar surface area (TPSA) is 64.8 Å². The Hall–Kier alpha value is -2.83. The molecule has 0 fully saturated rings. The Morgan fingerprint density at radius 3 is 2.41 bits per heavy atom. The molecule has 32 heavy (non-hydrogen) atoms. The van der Waals surface area contributed by atoms with Crippen LogP contribution in [0.25, 0.3) is 0 Å². The minimum atomic E-state index is -0.416. The molecule has 0 aliphatic carbocycles. The first-order chi connectivity index (χ1) is 15.4. The van der Waals surface area contributed by atoms with E-state index in [4.69, 9.17) is 26.8 Å². The molecule has 0 spiro atoms. The van der Waals surface area contributed by atoms with E-state index in [0.717, 1.165) is 28.1 Å². The van der Waals surface area contributed by atoms with Crippen LogP contribution in [0.5, 0.6) is 11.5 Å². The summed E-state index contributed by atoms with van der Waals surface area (Å²) in [5, 5.41) is 0.717. The third-order valence-corrected chi connectivity index (χ3v) is 6.41. The van der Waals surface area contributed by atoms with E-state index in [0.29, 0.717) is 22.9 Å². The summed E-state index contributed by atoms with van der Waals surface area (Å²) >= 11 is 7.86. The van der Waals surface area contributed by atoms with E-state index < -0.39 is 5.91 Å². The highest BCUT2D eigenvalue weighted by molar-refractivity contribution is 8.00. The molecule has 0 bridgehead atoms. The Morgan fingerprint density at radius 2 is 1.75 bits per heavy atom. The number of hydrogen-bond acceptors (Lipinski definition) is 5. The van der Waals surface area contributed by atoms with Gasteiger partial charge < -0.3 is 19.5 Å². The van der Waals surface area contributed by atoms with Crippen LogP contribution in [0, 0.1) is 0 Å². The maximum atomic E-state index is 11.9. The van der Waals surface area contributed by atoms with Crippen molar-refractivity contribution >= 4 is 35.1 Å². The second-order valence-corrected chi connectivity index (χ2v) is 8.70.